The van der Waals surface area contributed by atoms with Crippen LogP contribution in [0.25, 0.3) is 0 Å². The highest BCUT2D eigenvalue weighted by atomic mass is 19.4. The van der Waals surface area contributed by atoms with E-state index in [1.165, 1.54) is 0 Å². The second-order valence-electron chi connectivity index (χ2n) is 4.31. The number of Topliss-reactive ketones (excluding diaryl/α,β-unsaturated/α-hetero) is 1. The first-order valence-corrected chi connectivity index (χ1v) is 4.91. The molecule has 1 atom stereocenters. The Kier molecular flexibility index (Phi) is 3.22. The van der Waals surface area contributed by atoms with Crippen molar-refractivity contribution < 1.29 is 18.0 Å². The monoisotopic (exact) mass is 208 g/mol. The number of carbonyl (C=O) groups excluding carboxylic acids is 1. The molecule has 1 aliphatic rings. The molecule has 0 radical (unpaired) electrons. The lowest BCUT2D eigenvalue weighted by molar-refractivity contribution is -0.184. The number of hydrogen-bond acceptors (Lipinski definition) is 1. The van der Waals surface area contributed by atoms with Crippen molar-refractivity contribution in [1.29, 1.82) is 0 Å². The third-order valence-corrected chi connectivity index (χ3v) is 2.68. The van der Waals surface area contributed by atoms with Gasteiger partial charge in [0.25, 0.3) is 0 Å². The van der Waals surface area contributed by atoms with E-state index in [9.17, 15) is 18.0 Å². The fourth-order valence-corrected chi connectivity index (χ4v) is 1.50. The molecular formula is C10H15F3O. The van der Waals surface area contributed by atoms with Crippen molar-refractivity contribution in [2.45, 2.75) is 39.3 Å². The van der Waals surface area contributed by atoms with Gasteiger partial charge in [0.15, 0.2) is 0 Å². The summed E-state index contributed by atoms with van der Waals surface area (Å²) < 4.78 is 37.4. The molecule has 14 heavy (non-hydrogen) atoms. The predicted octanol–water partition coefficient (Wildman–Crippen LogP) is 3.19. The molecular weight excluding hydrogens is 193 g/mol. The average molecular weight is 208 g/mol. The molecule has 0 aromatic rings. The van der Waals surface area contributed by atoms with Crippen LogP contribution in [-0.4, -0.2) is 12.0 Å². The molecule has 1 nitrogen and oxygen atoms in total. The lowest BCUT2D eigenvalue weighted by Gasteiger charge is -2.19. The number of ketones is 1. The number of alkyl halides is 3. The van der Waals surface area contributed by atoms with Gasteiger partial charge in [0.2, 0.25) is 0 Å². The topological polar surface area (TPSA) is 17.1 Å². The van der Waals surface area contributed by atoms with E-state index in [1.807, 2.05) is 0 Å². The van der Waals surface area contributed by atoms with Crippen LogP contribution in [0.1, 0.15) is 33.1 Å². The maximum absolute atomic E-state index is 12.5. The summed E-state index contributed by atoms with van der Waals surface area (Å²) in [6.07, 6.45) is -3.29. The molecule has 0 N–H and O–H groups in total. The van der Waals surface area contributed by atoms with Gasteiger partial charge >= 0.3 is 6.18 Å². The van der Waals surface area contributed by atoms with Gasteiger partial charge in [0.1, 0.15) is 5.78 Å². The van der Waals surface area contributed by atoms with E-state index < -0.39 is 12.1 Å². The van der Waals surface area contributed by atoms with Gasteiger partial charge in [0.05, 0.1) is 5.92 Å². The molecule has 1 fully saturated rings. The molecule has 0 heterocycles. The minimum absolute atomic E-state index is 0.278. The molecule has 0 amide bonds. The summed E-state index contributed by atoms with van der Waals surface area (Å²) >= 11 is 0. The van der Waals surface area contributed by atoms with Crippen LogP contribution >= 0.6 is 0 Å². The van der Waals surface area contributed by atoms with Crippen molar-refractivity contribution in [2.75, 3.05) is 0 Å². The highest BCUT2D eigenvalue weighted by molar-refractivity contribution is 5.80. The number of halogens is 3. The Bertz CT molecular complexity index is 216. The lowest BCUT2D eigenvalue weighted by atomic mass is 9.92. The summed E-state index contributed by atoms with van der Waals surface area (Å²) in [6, 6.07) is 0. The Morgan fingerprint density at radius 2 is 1.86 bits per heavy atom. The van der Waals surface area contributed by atoms with Crippen LogP contribution in [0.15, 0.2) is 0 Å². The Hall–Kier alpha value is -0.540. The minimum Gasteiger partial charge on any atom is -0.299 e. The van der Waals surface area contributed by atoms with Crippen molar-refractivity contribution in [2.24, 2.45) is 17.8 Å². The molecule has 0 unspecified atom stereocenters. The van der Waals surface area contributed by atoms with E-state index in [-0.39, 0.29) is 24.0 Å². The molecule has 1 rings (SSSR count). The summed E-state index contributed by atoms with van der Waals surface area (Å²) in [5.41, 5.74) is 0. The first-order valence-electron chi connectivity index (χ1n) is 4.91. The molecule has 1 saturated carbocycles. The Labute approximate surface area is 81.7 Å². The summed E-state index contributed by atoms with van der Waals surface area (Å²) in [7, 11) is 0. The smallest absolute Gasteiger partial charge is 0.299 e. The zero-order valence-corrected chi connectivity index (χ0v) is 8.40. The second kappa shape index (κ2) is 3.91. The van der Waals surface area contributed by atoms with Gasteiger partial charge in [-0.15, -0.1) is 0 Å². The van der Waals surface area contributed by atoms with Crippen LogP contribution in [-0.2, 0) is 4.79 Å². The Morgan fingerprint density at radius 3 is 2.14 bits per heavy atom. The standard InChI is InChI=1S/C10H15F3O/c1-6(2)9(14)5-8(7-3-4-7)10(11,12)13/h6-8H,3-5H2,1-2H3/t8-/m1/s1. The zero-order chi connectivity index (χ0) is 10.9. The van der Waals surface area contributed by atoms with Crippen LogP contribution in [0, 0.1) is 17.8 Å². The van der Waals surface area contributed by atoms with Crippen LogP contribution in [0.4, 0.5) is 13.2 Å². The van der Waals surface area contributed by atoms with Gasteiger partial charge < -0.3 is 0 Å². The molecule has 0 aromatic heterocycles. The Morgan fingerprint density at radius 1 is 1.36 bits per heavy atom. The van der Waals surface area contributed by atoms with Gasteiger partial charge in [-0.25, -0.2) is 0 Å². The van der Waals surface area contributed by atoms with Crippen LogP contribution in [0.3, 0.4) is 0 Å². The molecule has 0 spiro atoms. The van der Waals surface area contributed by atoms with Crippen molar-refractivity contribution in [3.05, 3.63) is 0 Å². The summed E-state index contributed by atoms with van der Waals surface area (Å²) in [5.74, 6) is -2.26. The number of rotatable bonds is 4. The molecule has 1 aliphatic carbocycles. The first-order chi connectivity index (χ1) is 6.32. The summed E-state index contributed by atoms with van der Waals surface area (Å²) in [4.78, 5) is 11.2. The van der Waals surface area contributed by atoms with Gasteiger partial charge in [0, 0.05) is 12.3 Å². The molecule has 0 aliphatic heterocycles. The molecule has 0 bridgehead atoms. The van der Waals surface area contributed by atoms with Gasteiger partial charge in [-0.2, -0.15) is 13.2 Å². The zero-order valence-electron chi connectivity index (χ0n) is 8.40. The third-order valence-electron chi connectivity index (χ3n) is 2.68. The highest BCUT2D eigenvalue weighted by Gasteiger charge is 2.49. The van der Waals surface area contributed by atoms with E-state index in [1.54, 1.807) is 13.8 Å². The summed E-state index contributed by atoms with van der Waals surface area (Å²) in [5, 5.41) is 0. The van der Waals surface area contributed by atoms with Crippen molar-refractivity contribution in [3.8, 4) is 0 Å². The van der Waals surface area contributed by atoms with Crippen molar-refractivity contribution >= 4 is 5.78 Å². The van der Waals surface area contributed by atoms with Gasteiger partial charge in [-0.3, -0.25) is 4.79 Å². The number of carbonyl (C=O) groups is 1. The van der Waals surface area contributed by atoms with E-state index >= 15 is 0 Å². The van der Waals surface area contributed by atoms with Gasteiger partial charge in [-0.05, 0) is 18.8 Å². The second-order valence-corrected chi connectivity index (χ2v) is 4.31. The van der Waals surface area contributed by atoms with Crippen LogP contribution in [0.2, 0.25) is 0 Å². The maximum Gasteiger partial charge on any atom is 0.392 e. The average Bonchev–Trinajstić information content (AvgIpc) is 2.79. The highest BCUT2D eigenvalue weighted by Crippen LogP contribution is 2.47. The molecule has 0 aromatic carbocycles. The molecule has 82 valence electrons. The lowest BCUT2D eigenvalue weighted by Crippen LogP contribution is -2.28. The fourth-order valence-electron chi connectivity index (χ4n) is 1.50. The van der Waals surface area contributed by atoms with Crippen LogP contribution < -0.4 is 0 Å². The largest absolute Gasteiger partial charge is 0.392 e. The Balaban J connectivity index is 2.56. The van der Waals surface area contributed by atoms with Crippen molar-refractivity contribution in [1.82, 2.24) is 0 Å². The molecule has 4 heteroatoms. The summed E-state index contributed by atoms with van der Waals surface area (Å²) in [6.45, 7) is 3.28. The van der Waals surface area contributed by atoms with E-state index in [0.717, 1.165) is 0 Å². The first kappa shape index (κ1) is 11.5. The fraction of sp³-hybridized carbons (Fsp3) is 0.900. The normalized spacial score (nSPS) is 19.9. The van der Waals surface area contributed by atoms with Crippen molar-refractivity contribution in [3.63, 3.8) is 0 Å². The van der Waals surface area contributed by atoms with E-state index in [0.29, 0.717) is 12.8 Å². The predicted molar refractivity (Wildman–Crippen MR) is 46.7 cm³/mol. The van der Waals surface area contributed by atoms with Crippen LogP contribution in [0.5, 0.6) is 0 Å². The quantitative estimate of drug-likeness (QED) is 0.693. The number of hydrogen-bond donors (Lipinski definition) is 0. The SMILES string of the molecule is CC(C)C(=O)C[C@H](C1CC1)C(F)(F)F. The van der Waals surface area contributed by atoms with E-state index in [4.69, 9.17) is 0 Å². The third kappa shape index (κ3) is 3.00. The van der Waals surface area contributed by atoms with E-state index in [2.05, 4.69) is 0 Å². The van der Waals surface area contributed by atoms with Gasteiger partial charge in [-0.1, -0.05) is 13.8 Å². The molecule has 0 saturated heterocycles. The maximum atomic E-state index is 12.5. The minimum atomic E-state index is -4.20.